The predicted octanol–water partition coefficient (Wildman–Crippen LogP) is 6.01. The first-order chi connectivity index (χ1) is 14.3. The van der Waals surface area contributed by atoms with E-state index < -0.39 is 12.1 Å². The molecule has 30 heavy (non-hydrogen) atoms. The van der Waals surface area contributed by atoms with Crippen molar-refractivity contribution in [3.63, 3.8) is 0 Å². The molecule has 178 valence electrons. The highest BCUT2D eigenvalue weighted by Crippen LogP contribution is 2.23. The number of amides is 1. The van der Waals surface area contributed by atoms with Crippen LogP contribution in [0.15, 0.2) is 12.2 Å². The fourth-order valence-electron chi connectivity index (χ4n) is 4.10. The van der Waals surface area contributed by atoms with Crippen LogP contribution in [-0.2, 0) is 4.79 Å². The molecule has 0 aromatic rings. The molecule has 0 bridgehead atoms. The number of aliphatic hydroxyl groups is 2. The van der Waals surface area contributed by atoms with E-state index in [1.54, 1.807) is 6.08 Å². The van der Waals surface area contributed by atoms with E-state index in [1.165, 1.54) is 51.4 Å². The van der Waals surface area contributed by atoms with E-state index in [4.69, 9.17) is 0 Å². The zero-order valence-corrected chi connectivity index (χ0v) is 20.5. The molecule has 2 atom stereocenters. The van der Waals surface area contributed by atoms with E-state index in [0.717, 1.165) is 19.3 Å². The second kappa shape index (κ2) is 18.9. The molecule has 3 N–H and O–H groups in total. The Balaban J connectivity index is 4.21. The van der Waals surface area contributed by atoms with Crippen molar-refractivity contribution in [3.05, 3.63) is 12.2 Å². The van der Waals surface area contributed by atoms with Crippen molar-refractivity contribution in [1.29, 1.82) is 0 Å². The Bertz CT molecular complexity index is 424. The molecule has 0 saturated heterocycles. The highest BCUT2D eigenvalue weighted by Gasteiger charge is 2.18. The lowest BCUT2D eigenvalue weighted by atomic mass is 9.87. The SMILES string of the molecule is CCCCCCCCCCC(=O)N[C@@H](CO)[C@H](O)/C=C/CC(CC(C)C)CC(C)C. The summed E-state index contributed by atoms with van der Waals surface area (Å²) in [5.41, 5.74) is 0. The van der Waals surface area contributed by atoms with E-state index in [0.29, 0.717) is 24.2 Å². The summed E-state index contributed by atoms with van der Waals surface area (Å²) in [6.45, 7) is 11.0. The molecule has 0 saturated carbocycles. The lowest BCUT2D eigenvalue weighted by Gasteiger charge is -2.21. The quantitative estimate of drug-likeness (QED) is 0.175. The average Bonchev–Trinajstić information content (AvgIpc) is 2.67. The molecule has 0 fully saturated rings. The number of unbranched alkanes of at least 4 members (excludes halogenated alkanes) is 7. The van der Waals surface area contributed by atoms with Crippen molar-refractivity contribution >= 4 is 5.91 Å². The number of carbonyl (C=O) groups is 1. The number of nitrogens with one attached hydrogen (secondary N) is 1. The molecular formula is C26H51NO3. The van der Waals surface area contributed by atoms with Crippen molar-refractivity contribution in [1.82, 2.24) is 5.32 Å². The van der Waals surface area contributed by atoms with E-state index in [9.17, 15) is 15.0 Å². The monoisotopic (exact) mass is 425 g/mol. The van der Waals surface area contributed by atoms with Gasteiger partial charge < -0.3 is 15.5 Å². The van der Waals surface area contributed by atoms with Crippen LogP contribution < -0.4 is 5.32 Å². The van der Waals surface area contributed by atoms with Crippen molar-refractivity contribution in [2.75, 3.05) is 6.61 Å². The van der Waals surface area contributed by atoms with Crippen LogP contribution in [0.1, 0.15) is 112 Å². The van der Waals surface area contributed by atoms with Crippen LogP contribution in [0.25, 0.3) is 0 Å². The van der Waals surface area contributed by atoms with E-state index in [1.807, 2.05) is 6.08 Å². The van der Waals surface area contributed by atoms with Gasteiger partial charge in [-0.3, -0.25) is 4.79 Å². The zero-order valence-electron chi connectivity index (χ0n) is 20.5. The topological polar surface area (TPSA) is 69.6 Å². The Kier molecular flexibility index (Phi) is 18.3. The molecule has 0 radical (unpaired) electrons. The zero-order chi connectivity index (χ0) is 22.8. The van der Waals surface area contributed by atoms with Crippen molar-refractivity contribution in [3.8, 4) is 0 Å². The highest BCUT2D eigenvalue weighted by atomic mass is 16.3. The van der Waals surface area contributed by atoms with Gasteiger partial charge in [-0.25, -0.2) is 0 Å². The summed E-state index contributed by atoms with van der Waals surface area (Å²) in [5.74, 6) is 1.85. The van der Waals surface area contributed by atoms with Gasteiger partial charge >= 0.3 is 0 Å². The third kappa shape index (κ3) is 16.9. The van der Waals surface area contributed by atoms with Crippen LogP contribution >= 0.6 is 0 Å². The molecule has 4 heteroatoms. The van der Waals surface area contributed by atoms with Crippen LogP contribution in [0.4, 0.5) is 0 Å². The van der Waals surface area contributed by atoms with Crippen LogP contribution in [0.3, 0.4) is 0 Å². The summed E-state index contributed by atoms with van der Waals surface area (Å²) in [7, 11) is 0. The second-order valence-corrected chi connectivity index (χ2v) is 9.86. The van der Waals surface area contributed by atoms with Gasteiger partial charge in [0.05, 0.1) is 18.8 Å². The van der Waals surface area contributed by atoms with Gasteiger partial charge in [-0.1, -0.05) is 91.7 Å². The maximum atomic E-state index is 12.2. The van der Waals surface area contributed by atoms with Crippen LogP contribution in [0.5, 0.6) is 0 Å². The number of rotatable bonds is 19. The molecule has 0 aliphatic rings. The fourth-order valence-corrected chi connectivity index (χ4v) is 4.10. The van der Waals surface area contributed by atoms with E-state index >= 15 is 0 Å². The van der Waals surface area contributed by atoms with Crippen molar-refractivity contribution in [2.45, 2.75) is 124 Å². The minimum absolute atomic E-state index is 0.0787. The van der Waals surface area contributed by atoms with Crippen molar-refractivity contribution in [2.24, 2.45) is 17.8 Å². The largest absolute Gasteiger partial charge is 0.394 e. The lowest BCUT2D eigenvalue weighted by molar-refractivity contribution is -0.123. The van der Waals surface area contributed by atoms with E-state index in [-0.39, 0.29) is 12.5 Å². The minimum Gasteiger partial charge on any atom is -0.394 e. The van der Waals surface area contributed by atoms with Gasteiger partial charge in [-0.2, -0.15) is 0 Å². The van der Waals surface area contributed by atoms with E-state index in [2.05, 4.69) is 39.9 Å². The van der Waals surface area contributed by atoms with Gasteiger partial charge in [0.2, 0.25) is 5.91 Å². The Labute approximate surface area is 186 Å². The average molecular weight is 426 g/mol. The van der Waals surface area contributed by atoms with Crippen LogP contribution in [-0.4, -0.2) is 34.9 Å². The van der Waals surface area contributed by atoms with Gasteiger partial charge in [-0.05, 0) is 43.4 Å². The van der Waals surface area contributed by atoms with Crippen molar-refractivity contribution < 1.29 is 15.0 Å². The molecule has 0 unspecified atom stereocenters. The Hall–Kier alpha value is -0.870. The van der Waals surface area contributed by atoms with Gasteiger partial charge in [0.25, 0.3) is 0 Å². The molecule has 1 amide bonds. The Morgan fingerprint density at radius 3 is 1.93 bits per heavy atom. The third-order valence-electron chi connectivity index (χ3n) is 5.62. The first-order valence-corrected chi connectivity index (χ1v) is 12.5. The molecule has 4 nitrogen and oxygen atoms in total. The maximum absolute atomic E-state index is 12.2. The molecule has 0 spiro atoms. The molecule has 0 rings (SSSR count). The summed E-state index contributed by atoms with van der Waals surface area (Å²) in [6, 6.07) is -0.628. The lowest BCUT2D eigenvalue weighted by Crippen LogP contribution is -2.45. The first kappa shape index (κ1) is 29.1. The maximum Gasteiger partial charge on any atom is 0.220 e. The molecule has 0 aromatic heterocycles. The summed E-state index contributed by atoms with van der Waals surface area (Å²) in [6.07, 6.45) is 16.2. The number of allylic oxidation sites excluding steroid dienone is 1. The molecular weight excluding hydrogens is 374 g/mol. The van der Waals surface area contributed by atoms with Crippen LogP contribution in [0, 0.1) is 17.8 Å². The predicted molar refractivity (Wildman–Crippen MR) is 128 cm³/mol. The van der Waals surface area contributed by atoms with Gasteiger partial charge in [0.15, 0.2) is 0 Å². The summed E-state index contributed by atoms with van der Waals surface area (Å²) in [4.78, 5) is 12.2. The standard InChI is InChI=1S/C26H51NO3/c1-6-7-8-9-10-11-12-13-17-26(30)27-24(20-28)25(29)16-14-15-23(18-21(2)3)19-22(4)5/h14,16,21-25,28-29H,6-13,15,17-20H2,1-5H3,(H,27,30)/b16-14+/t24-,25+/m0/s1. The Morgan fingerprint density at radius 2 is 1.43 bits per heavy atom. The molecule has 0 aliphatic carbocycles. The number of hydrogen-bond acceptors (Lipinski definition) is 3. The molecule has 0 aromatic carbocycles. The second-order valence-electron chi connectivity index (χ2n) is 9.86. The van der Waals surface area contributed by atoms with Gasteiger partial charge in [0.1, 0.15) is 0 Å². The number of aliphatic hydroxyl groups excluding tert-OH is 2. The smallest absolute Gasteiger partial charge is 0.220 e. The number of carbonyl (C=O) groups excluding carboxylic acids is 1. The van der Waals surface area contributed by atoms with Gasteiger partial charge in [0, 0.05) is 6.42 Å². The minimum atomic E-state index is -0.851. The van der Waals surface area contributed by atoms with Crippen LogP contribution in [0.2, 0.25) is 0 Å². The number of hydrogen-bond donors (Lipinski definition) is 3. The normalized spacial score (nSPS) is 14.2. The van der Waals surface area contributed by atoms with Gasteiger partial charge in [-0.15, -0.1) is 0 Å². The first-order valence-electron chi connectivity index (χ1n) is 12.5. The molecule has 0 aliphatic heterocycles. The fraction of sp³-hybridized carbons (Fsp3) is 0.885. The highest BCUT2D eigenvalue weighted by molar-refractivity contribution is 5.76. The summed E-state index contributed by atoms with van der Waals surface area (Å²) in [5, 5.41) is 22.8. The molecule has 0 heterocycles. The Morgan fingerprint density at radius 1 is 0.900 bits per heavy atom. The third-order valence-corrected chi connectivity index (χ3v) is 5.62. The summed E-state index contributed by atoms with van der Waals surface area (Å²) < 4.78 is 0. The summed E-state index contributed by atoms with van der Waals surface area (Å²) >= 11 is 0.